The fraction of sp³-hybridized carbons (Fsp3) is 0.565. The molecule has 3 aromatic heterocycles. The van der Waals surface area contributed by atoms with Crippen molar-refractivity contribution in [2.24, 2.45) is 5.92 Å². The first-order valence-corrected chi connectivity index (χ1v) is 11.4. The zero-order valence-electron chi connectivity index (χ0n) is 17.8. The SMILES string of the molecule is N#CCCN1CCC(n2c(CCNC(=O)C3CCC3)nc3cnc4[nH]ccc4c32)CC1. The van der Waals surface area contributed by atoms with Crippen LogP contribution in [0, 0.1) is 17.2 Å². The number of fused-ring (bicyclic) bond motifs is 3. The van der Waals surface area contributed by atoms with Crippen LogP contribution in [-0.4, -0.2) is 56.5 Å². The smallest absolute Gasteiger partial charge is 0.223 e. The summed E-state index contributed by atoms with van der Waals surface area (Å²) in [4.78, 5) is 27.3. The molecule has 0 bridgehead atoms. The Balaban J connectivity index is 1.40. The summed E-state index contributed by atoms with van der Waals surface area (Å²) in [5, 5.41) is 13.1. The van der Waals surface area contributed by atoms with Crippen LogP contribution in [0.1, 0.15) is 50.4 Å². The molecule has 2 N–H and O–H groups in total. The van der Waals surface area contributed by atoms with E-state index >= 15 is 0 Å². The fourth-order valence-electron chi connectivity index (χ4n) is 4.93. The molecule has 0 atom stereocenters. The van der Waals surface area contributed by atoms with Gasteiger partial charge in [-0.05, 0) is 31.7 Å². The minimum Gasteiger partial charge on any atom is -0.355 e. The third kappa shape index (κ3) is 3.90. The van der Waals surface area contributed by atoms with Crippen molar-refractivity contribution in [2.75, 3.05) is 26.2 Å². The van der Waals surface area contributed by atoms with E-state index in [-0.39, 0.29) is 11.8 Å². The minimum absolute atomic E-state index is 0.189. The first-order valence-electron chi connectivity index (χ1n) is 11.4. The molecule has 0 spiro atoms. The van der Waals surface area contributed by atoms with E-state index in [0.29, 0.717) is 25.4 Å². The molecule has 0 unspecified atom stereocenters. The highest BCUT2D eigenvalue weighted by Crippen LogP contribution is 2.32. The van der Waals surface area contributed by atoms with Crippen LogP contribution < -0.4 is 5.32 Å². The summed E-state index contributed by atoms with van der Waals surface area (Å²) >= 11 is 0. The highest BCUT2D eigenvalue weighted by molar-refractivity contribution is 6.01. The maximum atomic E-state index is 12.3. The van der Waals surface area contributed by atoms with Crippen molar-refractivity contribution in [1.82, 2.24) is 29.7 Å². The number of carbonyl (C=O) groups is 1. The summed E-state index contributed by atoms with van der Waals surface area (Å²) in [6, 6.07) is 4.69. The lowest BCUT2D eigenvalue weighted by Crippen LogP contribution is -2.37. The topological polar surface area (TPSA) is 103 Å². The van der Waals surface area contributed by atoms with Crippen molar-refractivity contribution < 1.29 is 4.79 Å². The molecule has 2 aliphatic rings. The molecule has 0 aromatic carbocycles. The number of H-pyrrole nitrogens is 1. The number of carbonyl (C=O) groups excluding carboxylic acids is 1. The molecule has 0 radical (unpaired) electrons. The van der Waals surface area contributed by atoms with Gasteiger partial charge in [-0.1, -0.05) is 6.42 Å². The van der Waals surface area contributed by atoms with Gasteiger partial charge in [-0.2, -0.15) is 5.26 Å². The van der Waals surface area contributed by atoms with Gasteiger partial charge in [-0.3, -0.25) is 4.79 Å². The first kappa shape index (κ1) is 20.0. The van der Waals surface area contributed by atoms with Crippen LogP contribution in [0.3, 0.4) is 0 Å². The van der Waals surface area contributed by atoms with Gasteiger partial charge in [0.05, 0.1) is 17.8 Å². The van der Waals surface area contributed by atoms with Crippen molar-refractivity contribution in [1.29, 1.82) is 5.26 Å². The summed E-state index contributed by atoms with van der Waals surface area (Å²) in [5.74, 6) is 1.42. The maximum Gasteiger partial charge on any atom is 0.223 e. The summed E-state index contributed by atoms with van der Waals surface area (Å²) < 4.78 is 2.41. The van der Waals surface area contributed by atoms with Gasteiger partial charge < -0.3 is 19.8 Å². The van der Waals surface area contributed by atoms with E-state index in [0.717, 1.165) is 73.2 Å². The van der Waals surface area contributed by atoms with E-state index in [1.54, 1.807) is 0 Å². The van der Waals surface area contributed by atoms with Crippen LogP contribution in [0.15, 0.2) is 18.5 Å². The molecule has 2 fully saturated rings. The zero-order valence-corrected chi connectivity index (χ0v) is 17.8. The van der Waals surface area contributed by atoms with Crippen LogP contribution in [0.25, 0.3) is 22.1 Å². The second-order valence-corrected chi connectivity index (χ2v) is 8.78. The molecule has 1 amide bonds. The Kier molecular flexibility index (Phi) is 5.60. The number of nitrogens with zero attached hydrogens (tertiary/aromatic N) is 5. The van der Waals surface area contributed by atoms with E-state index in [9.17, 15) is 4.79 Å². The Morgan fingerprint density at radius 1 is 1.29 bits per heavy atom. The lowest BCUT2D eigenvalue weighted by molar-refractivity contribution is -0.127. The molecular weight excluding hydrogens is 390 g/mol. The third-order valence-corrected chi connectivity index (χ3v) is 6.89. The Hall–Kier alpha value is -2.92. The van der Waals surface area contributed by atoms with Crippen molar-refractivity contribution in [2.45, 2.75) is 51.0 Å². The Bertz CT molecular complexity index is 1110. The van der Waals surface area contributed by atoms with E-state index in [2.05, 4.69) is 36.9 Å². The number of piperidine rings is 1. The molecule has 1 saturated carbocycles. The average Bonchev–Trinajstić information content (AvgIpc) is 3.35. The van der Waals surface area contributed by atoms with Gasteiger partial charge in [-0.15, -0.1) is 0 Å². The van der Waals surface area contributed by atoms with Crippen LogP contribution >= 0.6 is 0 Å². The zero-order chi connectivity index (χ0) is 21.2. The second kappa shape index (κ2) is 8.67. The van der Waals surface area contributed by atoms with Crippen molar-refractivity contribution in [3.8, 4) is 6.07 Å². The number of hydrogen-bond donors (Lipinski definition) is 2. The molecule has 1 aliphatic heterocycles. The summed E-state index contributed by atoms with van der Waals surface area (Å²) in [6.45, 7) is 3.44. The Morgan fingerprint density at radius 3 is 2.87 bits per heavy atom. The van der Waals surface area contributed by atoms with Crippen LogP contribution in [0.4, 0.5) is 0 Å². The van der Waals surface area contributed by atoms with E-state index in [1.165, 1.54) is 6.42 Å². The molecular formula is C23H29N7O. The van der Waals surface area contributed by atoms with Gasteiger partial charge in [0, 0.05) is 62.6 Å². The van der Waals surface area contributed by atoms with Crippen LogP contribution in [-0.2, 0) is 11.2 Å². The fourth-order valence-corrected chi connectivity index (χ4v) is 4.93. The number of nitrogens with one attached hydrogen (secondary N) is 2. The summed E-state index contributed by atoms with van der Waals surface area (Å²) in [6.07, 6.45) is 10.4. The molecule has 1 aliphatic carbocycles. The number of imidazole rings is 1. The Labute approximate surface area is 181 Å². The summed E-state index contributed by atoms with van der Waals surface area (Å²) in [5.41, 5.74) is 2.94. The molecule has 3 aromatic rings. The number of likely N-dealkylation sites (tertiary alicyclic amines) is 1. The molecule has 31 heavy (non-hydrogen) atoms. The highest BCUT2D eigenvalue weighted by Gasteiger charge is 2.27. The Morgan fingerprint density at radius 2 is 2.13 bits per heavy atom. The van der Waals surface area contributed by atoms with Crippen LogP contribution in [0.2, 0.25) is 0 Å². The number of nitriles is 1. The predicted octanol–water partition coefficient (Wildman–Crippen LogP) is 2.92. The van der Waals surface area contributed by atoms with Gasteiger partial charge in [0.15, 0.2) is 0 Å². The monoisotopic (exact) mass is 419 g/mol. The minimum atomic E-state index is 0.189. The van der Waals surface area contributed by atoms with Crippen LogP contribution in [0.5, 0.6) is 0 Å². The number of amides is 1. The molecule has 1 saturated heterocycles. The van der Waals surface area contributed by atoms with Crippen molar-refractivity contribution >= 4 is 28.0 Å². The quantitative estimate of drug-likeness (QED) is 0.613. The van der Waals surface area contributed by atoms with Gasteiger partial charge in [0.1, 0.15) is 17.0 Å². The predicted molar refractivity (Wildman–Crippen MR) is 118 cm³/mol. The van der Waals surface area contributed by atoms with Gasteiger partial charge in [0.2, 0.25) is 5.91 Å². The third-order valence-electron chi connectivity index (χ3n) is 6.89. The number of aromatic amines is 1. The lowest BCUT2D eigenvalue weighted by Gasteiger charge is -2.33. The van der Waals surface area contributed by atoms with E-state index in [4.69, 9.17) is 10.2 Å². The molecule has 162 valence electrons. The largest absolute Gasteiger partial charge is 0.355 e. The standard InChI is InChI=1S/C23H29N7O/c24-9-2-12-29-13-7-17(8-14-29)30-20(6-11-26-23(31)16-3-1-4-16)28-19-15-27-22-18(21(19)30)5-10-25-22/h5,10,15-17H,1-4,6-8,11-14H2,(H,25,27)(H,26,31). The highest BCUT2D eigenvalue weighted by atomic mass is 16.1. The van der Waals surface area contributed by atoms with E-state index < -0.39 is 0 Å². The first-order chi connectivity index (χ1) is 15.2. The van der Waals surface area contributed by atoms with Crippen molar-refractivity contribution in [3.63, 3.8) is 0 Å². The van der Waals surface area contributed by atoms with Gasteiger partial charge in [0.25, 0.3) is 0 Å². The molecule has 8 nitrogen and oxygen atoms in total. The van der Waals surface area contributed by atoms with Crippen molar-refractivity contribution in [3.05, 3.63) is 24.3 Å². The van der Waals surface area contributed by atoms with E-state index in [1.807, 2.05) is 12.4 Å². The second-order valence-electron chi connectivity index (χ2n) is 8.78. The normalized spacial score (nSPS) is 18.3. The lowest BCUT2D eigenvalue weighted by atomic mass is 9.85. The molecule has 5 rings (SSSR count). The van der Waals surface area contributed by atoms with Gasteiger partial charge in [-0.25, -0.2) is 9.97 Å². The maximum absolute atomic E-state index is 12.3. The summed E-state index contributed by atoms with van der Waals surface area (Å²) in [7, 11) is 0. The average molecular weight is 420 g/mol. The molecule has 8 heteroatoms. The molecule has 4 heterocycles. The number of aromatic nitrogens is 4. The number of hydrogen-bond acceptors (Lipinski definition) is 5. The number of rotatable bonds is 7. The van der Waals surface area contributed by atoms with Gasteiger partial charge >= 0.3 is 0 Å². The number of pyridine rings is 1.